The molecule has 0 aliphatic carbocycles. The van der Waals surface area contributed by atoms with Crippen LogP contribution in [-0.4, -0.2) is 36.5 Å². The average molecular weight is 381 g/mol. The van der Waals surface area contributed by atoms with Gasteiger partial charge in [-0.3, -0.25) is 10.2 Å². The molecule has 1 aromatic carbocycles. The highest BCUT2D eigenvalue weighted by Crippen LogP contribution is 2.40. The number of urea groups is 1. The number of hydrazine groups is 1. The minimum Gasteiger partial charge on any atom is -0.306 e. The van der Waals surface area contributed by atoms with Crippen LogP contribution in [0.25, 0.3) is 0 Å². The fraction of sp³-hybridized carbons (Fsp3) is 0.333. The van der Waals surface area contributed by atoms with E-state index in [-0.39, 0.29) is 0 Å². The van der Waals surface area contributed by atoms with Gasteiger partial charge in [0.15, 0.2) is 10.5 Å². The van der Waals surface area contributed by atoms with Gasteiger partial charge in [0.2, 0.25) is 0 Å². The van der Waals surface area contributed by atoms with Gasteiger partial charge in [0, 0.05) is 5.69 Å². The Balaban J connectivity index is 2.15. The molecule has 1 fully saturated rings. The molecular weight excluding hydrogens is 367 g/mol. The smallest absolute Gasteiger partial charge is 0.306 e. The highest BCUT2D eigenvalue weighted by Gasteiger charge is 2.48. The molecule has 10 heteroatoms. The van der Waals surface area contributed by atoms with Crippen LogP contribution >= 0.6 is 47.2 Å². The van der Waals surface area contributed by atoms with Crippen molar-refractivity contribution < 1.29 is 10.0 Å². The Morgan fingerprint density at radius 2 is 2.14 bits per heavy atom. The molecule has 1 heterocycles. The van der Waals surface area contributed by atoms with Crippen molar-refractivity contribution in [3.05, 3.63) is 28.2 Å². The molecule has 2 rings (SSSR count). The molecule has 120 valence electrons. The highest BCUT2D eigenvalue weighted by molar-refractivity contribution is 8.24. The maximum Gasteiger partial charge on any atom is 0.347 e. The van der Waals surface area contributed by atoms with Crippen LogP contribution in [0.4, 0.5) is 10.5 Å². The molecule has 0 saturated carbocycles. The number of hydroxylamine groups is 2. The Morgan fingerprint density at radius 1 is 1.50 bits per heavy atom. The zero-order valence-electron chi connectivity index (χ0n) is 11.7. The first kappa shape index (κ1) is 17.6. The van der Waals surface area contributed by atoms with E-state index < -0.39 is 16.9 Å². The van der Waals surface area contributed by atoms with Gasteiger partial charge in [-0.25, -0.2) is 10.6 Å². The third-order valence-corrected chi connectivity index (χ3v) is 5.38. The first-order valence-electron chi connectivity index (χ1n) is 6.14. The number of nitrogens with zero attached hydrogens (tertiary/aromatic N) is 2. The second-order valence-corrected chi connectivity index (χ2v) is 8.26. The topological polar surface area (TPSA) is 81.8 Å². The number of benzene rings is 1. The summed E-state index contributed by atoms with van der Waals surface area (Å²) in [5, 5.41) is 15.1. The molecule has 0 bridgehead atoms. The Kier molecular flexibility index (Phi) is 5.10. The molecule has 0 radical (unpaired) electrons. The van der Waals surface area contributed by atoms with Gasteiger partial charge in [-0.15, -0.1) is 0 Å². The first-order valence-corrected chi connectivity index (χ1v) is 8.12. The number of nitrogens with one attached hydrogen (secondary N) is 1. The number of nitrogens with two attached hydrogens (primary N) is 1. The minimum atomic E-state index is -0.798. The monoisotopic (exact) mass is 380 g/mol. The van der Waals surface area contributed by atoms with Crippen molar-refractivity contribution in [3.63, 3.8) is 0 Å². The summed E-state index contributed by atoms with van der Waals surface area (Å²) >= 11 is 18.1. The van der Waals surface area contributed by atoms with Crippen LogP contribution in [0.1, 0.15) is 13.8 Å². The number of rotatable bonds is 2. The van der Waals surface area contributed by atoms with Gasteiger partial charge in [-0.2, -0.15) is 5.06 Å². The Morgan fingerprint density at radius 3 is 2.64 bits per heavy atom. The lowest BCUT2D eigenvalue weighted by Crippen LogP contribution is -2.57. The molecule has 22 heavy (non-hydrogen) atoms. The number of anilines is 1. The van der Waals surface area contributed by atoms with E-state index in [1.54, 1.807) is 12.1 Å². The van der Waals surface area contributed by atoms with E-state index in [9.17, 15) is 10.0 Å². The molecular formula is C12H14Cl2N4O2S2. The summed E-state index contributed by atoms with van der Waals surface area (Å²) in [7, 11) is 0. The van der Waals surface area contributed by atoms with Crippen molar-refractivity contribution >= 4 is 63.2 Å². The molecule has 0 aromatic heterocycles. The van der Waals surface area contributed by atoms with Gasteiger partial charge < -0.3 is 5.32 Å². The van der Waals surface area contributed by atoms with E-state index in [4.69, 9.17) is 41.3 Å². The summed E-state index contributed by atoms with van der Waals surface area (Å²) in [6, 6.07) is 3.84. The maximum absolute atomic E-state index is 12.2. The molecule has 4 N–H and O–H groups in total. The summed E-state index contributed by atoms with van der Waals surface area (Å²) < 4.78 is -0.161. The molecule has 6 nitrogen and oxygen atoms in total. The normalized spacial score (nSPS) is 20.2. The van der Waals surface area contributed by atoms with Crippen LogP contribution in [0.3, 0.4) is 0 Å². The van der Waals surface area contributed by atoms with Gasteiger partial charge >= 0.3 is 6.03 Å². The second kappa shape index (κ2) is 6.38. The van der Waals surface area contributed by atoms with E-state index in [1.165, 1.54) is 22.8 Å². The lowest BCUT2D eigenvalue weighted by atomic mass is 10.1. The van der Waals surface area contributed by atoms with Gasteiger partial charge in [-0.1, -0.05) is 47.2 Å². The van der Waals surface area contributed by atoms with E-state index in [1.807, 2.05) is 13.8 Å². The number of hydrogen-bond acceptors (Lipinski definition) is 5. The van der Waals surface area contributed by atoms with Crippen molar-refractivity contribution in [1.82, 2.24) is 10.1 Å². The summed E-state index contributed by atoms with van der Waals surface area (Å²) in [4.78, 5) is 12.2. The van der Waals surface area contributed by atoms with Crippen LogP contribution < -0.4 is 11.2 Å². The number of thioether (sulfide) groups is 1. The fourth-order valence-corrected chi connectivity index (χ4v) is 4.06. The highest BCUT2D eigenvalue weighted by atomic mass is 35.5. The van der Waals surface area contributed by atoms with Crippen LogP contribution in [0.15, 0.2) is 18.2 Å². The molecule has 0 spiro atoms. The molecule has 2 amide bonds. The number of halogens is 2. The predicted octanol–water partition coefficient (Wildman–Crippen LogP) is 3.53. The largest absolute Gasteiger partial charge is 0.347 e. The van der Waals surface area contributed by atoms with E-state index in [0.29, 0.717) is 25.1 Å². The van der Waals surface area contributed by atoms with E-state index in [0.717, 1.165) is 0 Å². The number of thiocarbonyl (C=S) groups is 1. The van der Waals surface area contributed by atoms with Crippen molar-refractivity contribution in [1.29, 1.82) is 0 Å². The van der Waals surface area contributed by atoms with Crippen LogP contribution in [0.2, 0.25) is 10.0 Å². The summed E-state index contributed by atoms with van der Waals surface area (Å²) in [6.07, 6.45) is -0.798. The Labute approximate surface area is 147 Å². The molecule has 1 aromatic rings. The Hall–Kier alpha value is -0.770. The van der Waals surface area contributed by atoms with Gasteiger partial charge in [-0.05, 0) is 32.0 Å². The quantitative estimate of drug-likeness (QED) is 0.315. The number of carbonyl (C=O) groups excluding carboxylic acids is 1. The Bertz CT molecular complexity index is 629. The average Bonchev–Trinajstić information content (AvgIpc) is 2.61. The minimum absolute atomic E-state index is 0.294. The molecule has 1 atom stereocenters. The predicted molar refractivity (Wildman–Crippen MR) is 93.2 cm³/mol. The SMILES string of the molecule is CC1(C)SC(=S)N(N)[C@H]1N(O)C(=O)Nc1ccc(Cl)c(Cl)c1. The van der Waals surface area contributed by atoms with Crippen molar-refractivity contribution in [2.45, 2.75) is 24.8 Å². The van der Waals surface area contributed by atoms with E-state index in [2.05, 4.69) is 5.32 Å². The van der Waals surface area contributed by atoms with Crippen molar-refractivity contribution in [3.8, 4) is 0 Å². The van der Waals surface area contributed by atoms with Gasteiger partial charge in [0.05, 0.1) is 14.8 Å². The zero-order chi connectivity index (χ0) is 16.7. The van der Waals surface area contributed by atoms with Gasteiger partial charge in [0.1, 0.15) is 0 Å². The van der Waals surface area contributed by atoms with E-state index >= 15 is 0 Å². The standard InChI is InChI=1S/C12H14Cl2N4O2S2/c1-12(2)9(17(15)11(21)22-12)18(20)10(19)16-6-3-4-7(13)8(14)5-6/h3-5,9,20H,15H2,1-2H3,(H,16,19)/t9-/m0/s1. The lowest BCUT2D eigenvalue weighted by molar-refractivity contribution is -0.114. The van der Waals surface area contributed by atoms with Crippen LogP contribution in [0, 0.1) is 0 Å². The number of amides is 2. The first-order chi connectivity index (χ1) is 10.1. The molecule has 1 saturated heterocycles. The molecule has 1 aliphatic heterocycles. The molecule has 0 unspecified atom stereocenters. The number of hydrogen-bond donors (Lipinski definition) is 3. The van der Waals surface area contributed by atoms with Crippen LogP contribution in [0.5, 0.6) is 0 Å². The van der Waals surface area contributed by atoms with Gasteiger partial charge in [0.25, 0.3) is 0 Å². The second-order valence-electron chi connectivity index (χ2n) is 5.16. The summed E-state index contributed by atoms with van der Waals surface area (Å²) in [5.41, 5.74) is 0.396. The zero-order valence-corrected chi connectivity index (χ0v) is 14.9. The molecule has 1 aliphatic rings. The maximum atomic E-state index is 12.2. The fourth-order valence-electron chi connectivity index (χ4n) is 2.04. The van der Waals surface area contributed by atoms with Crippen molar-refractivity contribution in [2.24, 2.45) is 5.84 Å². The number of carbonyl (C=O) groups is 1. The lowest BCUT2D eigenvalue weighted by Gasteiger charge is -2.34. The summed E-state index contributed by atoms with van der Waals surface area (Å²) in [6.45, 7) is 3.66. The third-order valence-electron chi connectivity index (χ3n) is 3.06. The van der Waals surface area contributed by atoms with Crippen LogP contribution in [-0.2, 0) is 0 Å². The third kappa shape index (κ3) is 3.42. The van der Waals surface area contributed by atoms with Crippen molar-refractivity contribution in [2.75, 3.05) is 5.32 Å². The summed E-state index contributed by atoms with van der Waals surface area (Å²) in [5.74, 6) is 5.83.